The van der Waals surface area contributed by atoms with Gasteiger partial charge < -0.3 is 4.84 Å². The molecule has 5 nitrogen and oxygen atoms in total. The molecule has 2 aromatic heterocycles. The SMILES string of the molecule is CCC1=NO[C@H](Cn2ccc(-c3cccc(-c4cccc(C)n4)c3)n2)C1. The van der Waals surface area contributed by atoms with E-state index in [0.717, 1.165) is 46.8 Å². The van der Waals surface area contributed by atoms with E-state index in [0.29, 0.717) is 6.54 Å². The van der Waals surface area contributed by atoms with Crippen LogP contribution in [0, 0.1) is 6.92 Å². The molecule has 0 spiro atoms. The lowest BCUT2D eigenvalue weighted by Gasteiger charge is -2.08. The Morgan fingerprint density at radius 1 is 1.08 bits per heavy atom. The highest BCUT2D eigenvalue weighted by molar-refractivity contribution is 5.85. The van der Waals surface area contributed by atoms with E-state index in [2.05, 4.69) is 41.3 Å². The zero-order chi connectivity index (χ0) is 17.9. The van der Waals surface area contributed by atoms with Crippen LogP contribution in [0.2, 0.25) is 0 Å². The molecule has 1 aliphatic heterocycles. The largest absolute Gasteiger partial charge is 0.390 e. The molecule has 132 valence electrons. The maximum atomic E-state index is 5.48. The number of rotatable bonds is 5. The zero-order valence-corrected chi connectivity index (χ0v) is 15.1. The monoisotopic (exact) mass is 346 g/mol. The van der Waals surface area contributed by atoms with Crippen molar-refractivity contribution in [2.45, 2.75) is 39.3 Å². The van der Waals surface area contributed by atoms with Gasteiger partial charge in [0, 0.05) is 29.4 Å². The van der Waals surface area contributed by atoms with Crippen LogP contribution in [0.4, 0.5) is 0 Å². The number of nitrogens with zero attached hydrogens (tertiary/aromatic N) is 4. The van der Waals surface area contributed by atoms with Gasteiger partial charge in [0.2, 0.25) is 0 Å². The van der Waals surface area contributed by atoms with Crippen molar-refractivity contribution in [2.75, 3.05) is 0 Å². The van der Waals surface area contributed by atoms with Crippen molar-refractivity contribution in [1.82, 2.24) is 14.8 Å². The Labute approximate surface area is 153 Å². The molecule has 1 aliphatic rings. The van der Waals surface area contributed by atoms with Crippen LogP contribution < -0.4 is 0 Å². The molecule has 1 atom stereocenters. The van der Waals surface area contributed by atoms with Crippen molar-refractivity contribution < 1.29 is 4.84 Å². The first-order chi connectivity index (χ1) is 12.7. The summed E-state index contributed by atoms with van der Waals surface area (Å²) >= 11 is 0. The lowest BCUT2D eigenvalue weighted by atomic mass is 10.1. The van der Waals surface area contributed by atoms with Gasteiger partial charge in [-0.25, -0.2) is 0 Å². The van der Waals surface area contributed by atoms with E-state index in [1.165, 1.54) is 0 Å². The number of benzene rings is 1. The smallest absolute Gasteiger partial charge is 0.152 e. The van der Waals surface area contributed by atoms with Crippen molar-refractivity contribution >= 4 is 5.71 Å². The highest BCUT2D eigenvalue weighted by Gasteiger charge is 2.20. The number of pyridine rings is 1. The molecule has 0 aliphatic carbocycles. The summed E-state index contributed by atoms with van der Waals surface area (Å²) in [5.74, 6) is 0. The topological polar surface area (TPSA) is 52.3 Å². The molecule has 1 aromatic carbocycles. The molecule has 0 amide bonds. The fourth-order valence-electron chi connectivity index (χ4n) is 3.16. The summed E-state index contributed by atoms with van der Waals surface area (Å²) < 4.78 is 1.94. The lowest BCUT2D eigenvalue weighted by Crippen LogP contribution is -2.16. The standard InChI is InChI=1S/C21H22N4O/c1-3-18-13-19(26-24-18)14-25-11-10-21(23-25)17-8-5-7-16(12-17)20-9-4-6-15(2)22-20/h4-12,19H,3,13-14H2,1-2H3/t19-/m0/s1. The van der Waals surface area contributed by atoms with Crippen LogP contribution in [0.1, 0.15) is 25.5 Å². The molecule has 0 N–H and O–H groups in total. The maximum Gasteiger partial charge on any atom is 0.152 e. The minimum atomic E-state index is 0.0838. The second-order valence-corrected chi connectivity index (χ2v) is 6.61. The highest BCUT2D eigenvalue weighted by Crippen LogP contribution is 2.25. The molecule has 4 rings (SSSR count). The van der Waals surface area contributed by atoms with Crippen molar-refractivity contribution in [3.63, 3.8) is 0 Å². The molecule has 0 bridgehead atoms. The third kappa shape index (κ3) is 3.52. The summed E-state index contributed by atoms with van der Waals surface area (Å²) in [4.78, 5) is 10.1. The molecular weight excluding hydrogens is 324 g/mol. The molecule has 0 fully saturated rings. The summed E-state index contributed by atoms with van der Waals surface area (Å²) in [5, 5.41) is 8.83. The normalized spacial score (nSPS) is 16.4. The first-order valence-corrected chi connectivity index (χ1v) is 9.01. The van der Waals surface area contributed by atoms with Crippen molar-refractivity contribution in [3.8, 4) is 22.5 Å². The van der Waals surface area contributed by atoms with E-state index in [9.17, 15) is 0 Å². The lowest BCUT2D eigenvalue weighted by molar-refractivity contribution is 0.0698. The predicted octanol–water partition coefficient (Wildman–Crippen LogP) is 4.48. The van der Waals surface area contributed by atoms with Crippen LogP contribution in [0.25, 0.3) is 22.5 Å². The van der Waals surface area contributed by atoms with Gasteiger partial charge >= 0.3 is 0 Å². The molecule has 0 radical (unpaired) electrons. The van der Waals surface area contributed by atoms with E-state index in [1.54, 1.807) is 0 Å². The predicted molar refractivity (Wildman–Crippen MR) is 103 cm³/mol. The second-order valence-electron chi connectivity index (χ2n) is 6.61. The highest BCUT2D eigenvalue weighted by atomic mass is 16.6. The van der Waals surface area contributed by atoms with E-state index >= 15 is 0 Å². The van der Waals surface area contributed by atoms with Crippen LogP contribution in [0.5, 0.6) is 0 Å². The van der Waals surface area contributed by atoms with Gasteiger partial charge in [-0.3, -0.25) is 9.67 Å². The molecule has 0 saturated heterocycles. The van der Waals surface area contributed by atoms with E-state index in [1.807, 2.05) is 42.1 Å². The van der Waals surface area contributed by atoms with E-state index < -0.39 is 0 Å². The molecule has 3 aromatic rings. The minimum Gasteiger partial charge on any atom is -0.390 e. The number of aryl methyl sites for hydroxylation is 1. The van der Waals surface area contributed by atoms with Crippen LogP contribution in [0.3, 0.4) is 0 Å². The number of hydrogen-bond donors (Lipinski definition) is 0. The van der Waals surface area contributed by atoms with E-state index in [-0.39, 0.29) is 6.10 Å². The summed E-state index contributed by atoms with van der Waals surface area (Å²) in [6, 6.07) is 16.5. The summed E-state index contributed by atoms with van der Waals surface area (Å²) in [6.45, 7) is 4.83. The van der Waals surface area contributed by atoms with Crippen LogP contribution in [-0.4, -0.2) is 26.6 Å². The first kappa shape index (κ1) is 16.5. The van der Waals surface area contributed by atoms with Crippen LogP contribution in [-0.2, 0) is 11.4 Å². The van der Waals surface area contributed by atoms with Gasteiger partial charge in [0.15, 0.2) is 6.10 Å². The third-order valence-electron chi connectivity index (χ3n) is 4.58. The first-order valence-electron chi connectivity index (χ1n) is 9.01. The van der Waals surface area contributed by atoms with Gasteiger partial charge in [0.1, 0.15) is 0 Å². The molecular formula is C21H22N4O. The average molecular weight is 346 g/mol. The molecule has 0 unspecified atom stereocenters. The average Bonchev–Trinajstić information content (AvgIpc) is 3.32. The van der Waals surface area contributed by atoms with Gasteiger partial charge in [-0.2, -0.15) is 5.10 Å². The maximum absolute atomic E-state index is 5.48. The second kappa shape index (κ2) is 7.12. The van der Waals surface area contributed by atoms with Gasteiger partial charge in [-0.1, -0.05) is 36.3 Å². The van der Waals surface area contributed by atoms with Gasteiger partial charge in [-0.15, -0.1) is 0 Å². The van der Waals surface area contributed by atoms with Crippen molar-refractivity contribution in [3.05, 3.63) is 60.4 Å². The Bertz CT molecular complexity index is 944. The van der Waals surface area contributed by atoms with Gasteiger partial charge in [0.25, 0.3) is 0 Å². The Kier molecular flexibility index (Phi) is 4.52. The fraction of sp³-hybridized carbons (Fsp3) is 0.286. The fourth-order valence-corrected chi connectivity index (χ4v) is 3.16. The van der Waals surface area contributed by atoms with Crippen molar-refractivity contribution in [2.24, 2.45) is 5.16 Å². The van der Waals surface area contributed by atoms with Crippen LogP contribution >= 0.6 is 0 Å². The van der Waals surface area contributed by atoms with Crippen molar-refractivity contribution in [1.29, 1.82) is 0 Å². The quantitative estimate of drug-likeness (QED) is 0.684. The number of hydrogen-bond acceptors (Lipinski definition) is 4. The Morgan fingerprint density at radius 3 is 2.65 bits per heavy atom. The minimum absolute atomic E-state index is 0.0838. The molecule has 5 heteroatoms. The molecule has 0 saturated carbocycles. The molecule has 26 heavy (non-hydrogen) atoms. The van der Waals surface area contributed by atoms with Gasteiger partial charge in [0.05, 0.1) is 23.6 Å². The Balaban J connectivity index is 1.52. The van der Waals surface area contributed by atoms with Gasteiger partial charge in [-0.05, 0) is 37.6 Å². The van der Waals surface area contributed by atoms with Crippen LogP contribution in [0.15, 0.2) is 59.9 Å². The third-order valence-corrected chi connectivity index (χ3v) is 4.58. The molecule has 3 heterocycles. The number of aromatic nitrogens is 3. The number of oxime groups is 1. The Hall–Kier alpha value is -2.95. The summed E-state index contributed by atoms with van der Waals surface area (Å²) in [7, 11) is 0. The summed E-state index contributed by atoms with van der Waals surface area (Å²) in [6.07, 6.45) is 3.92. The van der Waals surface area contributed by atoms with E-state index in [4.69, 9.17) is 9.94 Å². The zero-order valence-electron chi connectivity index (χ0n) is 15.1. The Morgan fingerprint density at radius 2 is 1.88 bits per heavy atom. The summed E-state index contributed by atoms with van der Waals surface area (Å²) in [5.41, 5.74) is 6.26.